The van der Waals surface area contributed by atoms with E-state index < -0.39 is 11.7 Å². The maximum Gasteiger partial charge on any atom is 0.295 e. The van der Waals surface area contributed by atoms with Crippen LogP contribution in [0.4, 0.5) is 14.5 Å². The normalized spacial score (nSPS) is 10.7. The van der Waals surface area contributed by atoms with E-state index in [9.17, 15) is 13.6 Å². The zero-order chi connectivity index (χ0) is 21.8. The molecule has 0 radical (unpaired) electrons. The van der Waals surface area contributed by atoms with Crippen LogP contribution in [0.5, 0.6) is 5.75 Å². The summed E-state index contributed by atoms with van der Waals surface area (Å²) in [5, 5.41) is 6.92. The van der Waals surface area contributed by atoms with Gasteiger partial charge in [-0.05, 0) is 73.7 Å². The Bertz CT molecular complexity index is 1210. The molecule has 3 aromatic carbocycles. The van der Waals surface area contributed by atoms with Crippen molar-refractivity contribution in [1.82, 2.24) is 14.8 Å². The van der Waals surface area contributed by atoms with Gasteiger partial charge >= 0.3 is 0 Å². The van der Waals surface area contributed by atoms with Crippen molar-refractivity contribution in [3.05, 3.63) is 90.3 Å². The zero-order valence-electron chi connectivity index (χ0n) is 16.5. The summed E-state index contributed by atoms with van der Waals surface area (Å²) in [4.78, 5) is 17.1. The van der Waals surface area contributed by atoms with Crippen LogP contribution >= 0.6 is 0 Å². The summed E-state index contributed by atoms with van der Waals surface area (Å²) >= 11 is 0. The number of carbonyl (C=O) groups excluding carboxylic acids is 1. The van der Waals surface area contributed by atoms with Crippen molar-refractivity contribution in [1.29, 1.82) is 0 Å². The summed E-state index contributed by atoms with van der Waals surface area (Å²) in [7, 11) is 0. The molecule has 8 heteroatoms. The van der Waals surface area contributed by atoms with Crippen molar-refractivity contribution >= 4 is 11.6 Å². The molecule has 1 aromatic heterocycles. The van der Waals surface area contributed by atoms with E-state index in [1.54, 1.807) is 42.5 Å². The topological polar surface area (TPSA) is 69.0 Å². The summed E-state index contributed by atoms with van der Waals surface area (Å²) in [5.74, 6) is -0.527. The van der Waals surface area contributed by atoms with E-state index >= 15 is 0 Å². The zero-order valence-corrected chi connectivity index (χ0v) is 16.5. The van der Waals surface area contributed by atoms with Gasteiger partial charge in [-0.3, -0.25) is 4.79 Å². The molecule has 0 saturated heterocycles. The van der Waals surface area contributed by atoms with Crippen molar-refractivity contribution in [3.63, 3.8) is 0 Å². The number of hydrogen-bond acceptors (Lipinski definition) is 4. The Balaban J connectivity index is 1.72. The predicted octanol–water partition coefficient (Wildman–Crippen LogP) is 4.86. The first-order valence-corrected chi connectivity index (χ1v) is 9.56. The van der Waals surface area contributed by atoms with Gasteiger partial charge in [-0.25, -0.2) is 18.4 Å². The Morgan fingerprint density at radius 2 is 1.74 bits per heavy atom. The lowest BCUT2D eigenvalue weighted by molar-refractivity contribution is 0.101. The number of nitrogens with zero attached hydrogens (tertiary/aromatic N) is 3. The third-order valence-corrected chi connectivity index (χ3v) is 4.39. The average Bonchev–Trinajstić information content (AvgIpc) is 3.21. The Morgan fingerprint density at radius 1 is 1.00 bits per heavy atom. The first-order valence-electron chi connectivity index (χ1n) is 9.56. The molecule has 31 heavy (non-hydrogen) atoms. The van der Waals surface area contributed by atoms with Gasteiger partial charge in [0.1, 0.15) is 17.4 Å². The fourth-order valence-electron chi connectivity index (χ4n) is 2.98. The van der Waals surface area contributed by atoms with Gasteiger partial charge in [-0.2, -0.15) is 0 Å². The van der Waals surface area contributed by atoms with Crippen molar-refractivity contribution in [2.45, 2.75) is 6.92 Å². The first kappa shape index (κ1) is 20.2. The quantitative estimate of drug-likeness (QED) is 0.484. The number of nitrogens with one attached hydrogen (secondary N) is 1. The van der Waals surface area contributed by atoms with Crippen LogP contribution in [0.15, 0.2) is 72.8 Å². The molecule has 0 unspecified atom stereocenters. The number of ether oxygens (including phenoxy) is 1. The van der Waals surface area contributed by atoms with Gasteiger partial charge in [0.05, 0.1) is 12.3 Å². The fraction of sp³-hybridized carbons (Fsp3) is 0.0870. The highest BCUT2D eigenvalue weighted by Gasteiger charge is 2.19. The van der Waals surface area contributed by atoms with Crippen molar-refractivity contribution in [2.75, 3.05) is 11.9 Å². The molecule has 0 aliphatic heterocycles. The van der Waals surface area contributed by atoms with Crippen LogP contribution in [0, 0.1) is 11.6 Å². The average molecular weight is 420 g/mol. The minimum Gasteiger partial charge on any atom is -0.494 e. The van der Waals surface area contributed by atoms with Gasteiger partial charge in [-0.1, -0.05) is 6.07 Å². The maximum atomic E-state index is 13.4. The molecule has 4 aromatic rings. The smallest absolute Gasteiger partial charge is 0.295 e. The number of anilines is 1. The van der Waals surface area contributed by atoms with Crippen molar-refractivity contribution < 1.29 is 18.3 Å². The van der Waals surface area contributed by atoms with Crippen LogP contribution in [-0.4, -0.2) is 27.3 Å². The van der Waals surface area contributed by atoms with E-state index in [1.165, 1.54) is 35.0 Å². The molecular formula is C23H18F2N4O2. The number of aromatic nitrogens is 3. The van der Waals surface area contributed by atoms with Gasteiger partial charge < -0.3 is 10.1 Å². The highest BCUT2D eigenvalue weighted by atomic mass is 19.1. The van der Waals surface area contributed by atoms with E-state index in [-0.39, 0.29) is 17.3 Å². The van der Waals surface area contributed by atoms with Crippen LogP contribution in [-0.2, 0) is 0 Å². The van der Waals surface area contributed by atoms with Gasteiger partial charge in [0.2, 0.25) is 5.82 Å². The summed E-state index contributed by atoms with van der Waals surface area (Å²) < 4.78 is 33.8. The minimum absolute atomic E-state index is 0.113. The monoisotopic (exact) mass is 420 g/mol. The van der Waals surface area contributed by atoms with Crippen LogP contribution in [0.25, 0.3) is 17.1 Å². The molecule has 156 valence electrons. The summed E-state index contributed by atoms with van der Waals surface area (Å²) in [6.45, 7) is 2.43. The molecule has 4 rings (SSSR count). The Labute approximate surface area is 177 Å². The van der Waals surface area contributed by atoms with Crippen molar-refractivity contribution in [2.24, 2.45) is 0 Å². The highest BCUT2D eigenvalue weighted by Crippen LogP contribution is 2.24. The standard InChI is InChI=1S/C23H18F2N4O2/c1-2-31-20-12-10-19(11-13-20)29-22(15-6-8-16(24)9-7-15)27-21(28-29)23(30)26-18-5-3-4-17(25)14-18/h3-14H,2H2,1H3,(H,26,30). The third kappa shape index (κ3) is 4.58. The van der Waals surface area contributed by atoms with E-state index in [4.69, 9.17) is 4.74 Å². The molecule has 0 fully saturated rings. The number of carbonyl (C=O) groups is 1. The molecule has 0 bridgehead atoms. The van der Waals surface area contributed by atoms with E-state index in [2.05, 4.69) is 15.4 Å². The van der Waals surface area contributed by atoms with Crippen LogP contribution in [0.3, 0.4) is 0 Å². The third-order valence-electron chi connectivity index (χ3n) is 4.39. The molecule has 0 atom stereocenters. The first-order chi connectivity index (χ1) is 15.0. The summed E-state index contributed by atoms with van der Waals surface area (Å²) in [6, 6.07) is 18.4. The molecule has 0 spiro atoms. The largest absolute Gasteiger partial charge is 0.494 e. The van der Waals surface area contributed by atoms with Gasteiger partial charge in [0.15, 0.2) is 5.82 Å². The SMILES string of the molecule is CCOc1ccc(-n2nc(C(=O)Nc3cccc(F)c3)nc2-c2ccc(F)cc2)cc1. The second-order valence-electron chi connectivity index (χ2n) is 6.57. The minimum atomic E-state index is -0.598. The molecule has 0 aliphatic rings. The lowest BCUT2D eigenvalue weighted by Crippen LogP contribution is -2.14. The molecule has 1 amide bonds. The summed E-state index contributed by atoms with van der Waals surface area (Å²) in [5.41, 5.74) is 1.50. The van der Waals surface area contributed by atoms with Crippen LogP contribution < -0.4 is 10.1 Å². The van der Waals surface area contributed by atoms with Gasteiger partial charge in [-0.15, -0.1) is 5.10 Å². The molecule has 1 N–H and O–H groups in total. The number of benzene rings is 3. The number of hydrogen-bond donors (Lipinski definition) is 1. The Hall–Kier alpha value is -4.07. The number of halogens is 2. The molecular weight excluding hydrogens is 402 g/mol. The summed E-state index contributed by atoms with van der Waals surface area (Å²) in [6.07, 6.45) is 0. The molecule has 1 heterocycles. The second-order valence-corrected chi connectivity index (χ2v) is 6.57. The van der Waals surface area contributed by atoms with E-state index in [0.29, 0.717) is 29.4 Å². The van der Waals surface area contributed by atoms with Gasteiger partial charge in [0.25, 0.3) is 5.91 Å². The fourth-order valence-corrected chi connectivity index (χ4v) is 2.98. The number of amides is 1. The molecule has 0 aliphatic carbocycles. The predicted molar refractivity (Wildman–Crippen MR) is 112 cm³/mol. The Morgan fingerprint density at radius 3 is 2.42 bits per heavy atom. The maximum absolute atomic E-state index is 13.4. The van der Waals surface area contributed by atoms with Crippen molar-refractivity contribution in [3.8, 4) is 22.8 Å². The Kier molecular flexibility index (Phi) is 5.70. The molecule has 6 nitrogen and oxygen atoms in total. The second kappa shape index (κ2) is 8.74. The number of rotatable bonds is 6. The molecule has 0 saturated carbocycles. The van der Waals surface area contributed by atoms with E-state index in [1.807, 2.05) is 6.92 Å². The van der Waals surface area contributed by atoms with Crippen LogP contribution in [0.1, 0.15) is 17.5 Å². The van der Waals surface area contributed by atoms with Crippen LogP contribution in [0.2, 0.25) is 0 Å². The lowest BCUT2D eigenvalue weighted by Gasteiger charge is -2.08. The van der Waals surface area contributed by atoms with Gasteiger partial charge in [0, 0.05) is 11.3 Å². The highest BCUT2D eigenvalue weighted by molar-refractivity contribution is 6.01. The lowest BCUT2D eigenvalue weighted by atomic mass is 10.2. The van der Waals surface area contributed by atoms with E-state index in [0.717, 1.165) is 0 Å².